The molecule has 2 amide bonds. The second-order valence-electron chi connectivity index (χ2n) is 6.81. The van der Waals surface area contributed by atoms with Crippen molar-refractivity contribution < 1.29 is 19.5 Å². The molecule has 0 saturated carbocycles. The zero-order chi connectivity index (χ0) is 20.6. The molecule has 8 heteroatoms. The molecule has 152 valence electrons. The van der Waals surface area contributed by atoms with Gasteiger partial charge in [-0.05, 0) is 17.7 Å². The number of anilines is 1. The van der Waals surface area contributed by atoms with E-state index in [2.05, 4.69) is 15.2 Å². The number of carbonyl (C=O) groups excluding carboxylic acids is 2. The zero-order valence-corrected chi connectivity index (χ0v) is 16.0. The Morgan fingerprint density at radius 1 is 0.966 bits per heavy atom. The standard InChI is InChI=1S/C21H24N4O4/c26-18(23-20(21(28)29)16-6-2-1-3-7-16)9-10-19(27)25-14-12-24(13-15-25)17-8-4-5-11-22-17/h1-8,11,20H,9-10,12-15H2,(H,23,26)(H,28,29)/t20-/m0/s1. The molecule has 1 aliphatic heterocycles. The van der Waals surface area contributed by atoms with Gasteiger partial charge in [0.15, 0.2) is 6.04 Å². The highest BCUT2D eigenvalue weighted by Gasteiger charge is 2.24. The van der Waals surface area contributed by atoms with Gasteiger partial charge in [0.1, 0.15) is 5.82 Å². The van der Waals surface area contributed by atoms with Crippen LogP contribution in [0.4, 0.5) is 5.82 Å². The molecule has 3 rings (SSSR count). The number of pyridine rings is 1. The molecular formula is C21H24N4O4. The molecule has 0 spiro atoms. The third-order valence-corrected chi connectivity index (χ3v) is 4.86. The van der Waals surface area contributed by atoms with E-state index in [0.29, 0.717) is 31.7 Å². The summed E-state index contributed by atoms with van der Waals surface area (Å²) in [6, 6.07) is 13.1. The molecule has 2 N–H and O–H groups in total. The number of carboxylic acid groups (broad SMARTS) is 1. The molecular weight excluding hydrogens is 372 g/mol. The molecule has 0 aliphatic carbocycles. The molecule has 1 atom stereocenters. The van der Waals surface area contributed by atoms with E-state index in [9.17, 15) is 19.5 Å². The maximum Gasteiger partial charge on any atom is 0.330 e. The first kappa shape index (κ1) is 20.3. The number of nitrogens with zero attached hydrogens (tertiary/aromatic N) is 3. The molecule has 0 unspecified atom stereocenters. The van der Waals surface area contributed by atoms with Gasteiger partial charge in [0.05, 0.1) is 0 Å². The first-order chi connectivity index (χ1) is 14.0. The predicted octanol–water partition coefficient (Wildman–Crippen LogP) is 1.45. The van der Waals surface area contributed by atoms with Crippen LogP contribution in [0.5, 0.6) is 0 Å². The highest BCUT2D eigenvalue weighted by Crippen LogP contribution is 2.15. The average molecular weight is 396 g/mol. The van der Waals surface area contributed by atoms with E-state index >= 15 is 0 Å². The number of nitrogens with one attached hydrogen (secondary N) is 1. The Kier molecular flexibility index (Phi) is 6.78. The Labute approximate surface area is 169 Å². The average Bonchev–Trinajstić information content (AvgIpc) is 2.77. The SMILES string of the molecule is O=C(CCC(=O)N1CCN(c2ccccn2)CC1)N[C@H](C(=O)O)c1ccccc1. The lowest BCUT2D eigenvalue weighted by molar-refractivity contribution is -0.142. The van der Waals surface area contributed by atoms with E-state index in [-0.39, 0.29) is 18.7 Å². The van der Waals surface area contributed by atoms with Crippen LogP contribution in [0.15, 0.2) is 54.7 Å². The maximum absolute atomic E-state index is 12.4. The van der Waals surface area contributed by atoms with Gasteiger partial charge < -0.3 is 20.2 Å². The number of aromatic nitrogens is 1. The minimum Gasteiger partial charge on any atom is -0.479 e. The Hall–Kier alpha value is -3.42. The molecule has 2 heterocycles. The van der Waals surface area contributed by atoms with Crippen LogP contribution in [0, 0.1) is 0 Å². The Bertz CT molecular complexity index is 836. The van der Waals surface area contributed by atoms with E-state index in [1.54, 1.807) is 41.4 Å². The minimum absolute atomic E-state index is 0.0457. The van der Waals surface area contributed by atoms with Gasteiger partial charge in [-0.15, -0.1) is 0 Å². The van der Waals surface area contributed by atoms with E-state index in [1.165, 1.54) is 0 Å². The molecule has 0 bridgehead atoms. The van der Waals surface area contributed by atoms with Crippen molar-refractivity contribution in [2.45, 2.75) is 18.9 Å². The van der Waals surface area contributed by atoms with Crippen LogP contribution in [0.25, 0.3) is 0 Å². The Morgan fingerprint density at radius 3 is 2.28 bits per heavy atom. The molecule has 1 saturated heterocycles. The molecule has 1 aliphatic rings. The molecule has 8 nitrogen and oxygen atoms in total. The number of hydrogen-bond acceptors (Lipinski definition) is 5. The normalized spacial score (nSPS) is 14.9. The summed E-state index contributed by atoms with van der Waals surface area (Å²) in [4.78, 5) is 44.3. The van der Waals surface area contributed by atoms with Gasteiger partial charge in [-0.25, -0.2) is 9.78 Å². The number of hydrogen-bond donors (Lipinski definition) is 2. The second-order valence-corrected chi connectivity index (χ2v) is 6.81. The van der Waals surface area contributed by atoms with Crippen LogP contribution in [0.2, 0.25) is 0 Å². The van der Waals surface area contributed by atoms with Crippen LogP contribution in [-0.2, 0) is 14.4 Å². The summed E-state index contributed by atoms with van der Waals surface area (Å²) in [5.41, 5.74) is 0.491. The maximum atomic E-state index is 12.4. The van der Waals surface area contributed by atoms with E-state index in [0.717, 1.165) is 5.82 Å². The monoisotopic (exact) mass is 396 g/mol. The number of carbonyl (C=O) groups is 3. The number of amides is 2. The second kappa shape index (κ2) is 9.68. The lowest BCUT2D eigenvalue weighted by atomic mass is 10.1. The summed E-state index contributed by atoms with van der Waals surface area (Å²) < 4.78 is 0. The van der Waals surface area contributed by atoms with Crippen molar-refractivity contribution in [3.63, 3.8) is 0 Å². The van der Waals surface area contributed by atoms with E-state index < -0.39 is 17.9 Å². The van der Waals surface area contributed by atoms with Gasteiger partial charge in [-0.1, -0.05) is 36.4 Å². The fraction of sp³-hybridized carbons (Fsp3) is 0.333. The van der Waals surface area contributed by atoms with Crippen molar-refractivity contribution >= 4 is 23.6 Å². The molecule has 29 heavy (non-hydrogen) atoms. The first-order valence-corrected chi connectivity index (χ1v) is 9.55. The number of piperazine rings is 1. The summed E-state index contributed by atoms with van der Waals surface area (Å²) in [6.45, 7) is 2.51. The third-order valence-electron chi connectivity index (χ3n) is 4.86. The molecule has 1 aromatic heterocycles. The zero-order valence-electron chi connectivity index (χ0n) is 16.0. The Balaban J connectivity index is 1.45. The van der Waals surface area contributed by atoms with Gasteiger partial charge in [-0.3, -0.25) is 9.59 Å². The van der Waals surface area contributed by atoms with Crippen molar-refractivity contribution in [2.75, 3.05) is 31.1 Å². The van der Waals surface area contributed by atoms with Gasteiger partial charge in [-0.2, -0.15) is 0 Å². The minimum atomic E-state index is -1.14. The highest BCUT2D eigenvalue weighted by molar-refractivity contribution is 5.87. The smallest absolute Gasteiger partial charge is 0.330 e. The third kappa shape index (κ3) is 5.54. The topological polar surface area (TPSA) is 103 Å². The van der Waals surface area contributed by atoms with Crippen molar-refractivity contribution in [3.8, 4) is 0 Å². The summed E-state index contributed by atoms with van der Waals surface area (Å²) in [5.74, 6) is -0.810. The van der Waals surface area contributed by atoms with Crippen molar-refractivity contribution in [3.05, 3.63) is 60.3 Å². The van der Waals surface area contributed by atoms with Gasteiger partial charge in [0.25, 0.3) is 0 Å². The predicted molar refractivity (Wildman–Crippen MR) is 107 cm³/mol. The summed E-state index contributed by atoms with van der Waals surface area (Å²) in [6.07, 6.45) is 1.75. The van der Waals surface area contributed by atoms with Gasteiger partial charge in [0, 0.05) is 45.2 Å². The molecule has 0 radical (unpaired) electrons. The number of benzene rings is 1. The quantitative estimate of drug-likeness (QED) is 0.734. The van der Waals surface area contributed by atoms with E-state index in [4.69, 9.17) is 0 Å². The summed E-state index contributed by atoms with van der Waals surface area (Å²) >= 11 is 0. The van der Waals surface area contributed by atoms with Gasteiger partial charge in [0.2, 0.25) is 11.8 Å². The van der Waals surface area contributed by atoms with Crippen LogP contribution in [0.3, 0.4) is 0 Å². The van der Waals surface area contributed by atoms with Crippen LogP contribution >= 0.6 is 0 Å². The first-order valence-electron chi connectivity index (χ1n) is 9.55. The van der Waals surface area contributed by atoms with E-state index in [1.807, 2.05) is 18.2 Å². The number of aliphatic carboxylic acids is 1. The van der Waals surface area contributed by atoms with Crippen LogP contribution in [-0.4, -0.2) is 59.0 Å². The largest absolute Gasteiger partial charge is 0.479 e. The molecule has 1 fully saturated rings. The van der Waals surface area contributed by atoms with Gasteiger partial charge >= 0.3 is 5.97 Å². The lowest BCUT2D eigenvalue weighted by Crippen LogP contribution is -2.49. The fourth-order valence-electron chi connectivity index (χ4n) is 3.27. The Morgan fingerprint density at radius 2 is 1.66 bits per heavy atom. The van der Waals surface area contributed by atoms with Crippen molar-refractivity contribution in [2.24, 2.45) is 0 Å². The highest BCUT2D eigenvalue weighted by atomic mass is 16.4. The molecule has 1 aromatic carbocycles. The fourth-order valence-corrected chi connectivity index (χ4v) is 3.27. The summed E-state index contributed by atoms with van der Waals surface area (Å²) in [5, 5.41) is 11.9. The summed E-state index contributed by atoms with van der Waals surface area (Å²) in [7, 11) is 0. The molecule has 2 aromatic rings. The van der Waals surface area contributed by atoms with Crippen molar-refractivity contribution in [1.82, 2.24) is 15.2 Å². The number of rotatable bonds is 7. The number of carboxylic acids is 1. The lowest BCUT2D eigenvalue weighted by Gasteiger charge is -2.35. The van der Waals surface area contributed by atoms with Crippen LogP contribution < -0.4 is 10.2 Å². The van der Waals surface area contributed by atoms with Crippen LogP contribution in [0.1, 0.15) is 24.4 Å². The van der Waals surface area contributed by atoms with Crippen molar-refractivity contribution in [1.29, 1.82) is 0 Å².